The molecular weight excluding hydrogens is 235 g/mol. The molecule has 0 radical (unpaired) electrons. The fourth-order valence-electron chi connectivity index (χ4n) is 1.53. The number of allylic oxidation sites excluding steroid dienone is 3. The molecule has 0 atom stereocenters. The normalized spacial score (nSPS) is 12.8. The lowest BCUT2D eigenvalue weighted by atomic mass is 10.2. The Kier molecular flexibility index (Phi) is 3.64. The number of fused-ring (bicyclic) bond motifs is 1. The summed E-state index contributed by atoms with van der Waals surface area (Å²) < 4.78 is 15.0. The van der Waals surface area contributed by atoms with Gasteiger partial charge in [0, 0.05) is 10.3 Å². The topological polar surface area (TPSA) is 17.8 Å². The van der Waals surface area contributed by atoms with Crippen molar-refractivity contribution in [3.8, 4) is 0 Å². The molecule has 2 rings (SSSR count). The first-order valence-corrected chi connectivity index (χ1v) is 5.85. The molecule has 0 bridgehead atoms. The standard InChI is InChI=1S/C13H13FN2S/c1-2-3-4-11(14)9-16-13-6-5-12(17)7-10(13)8-15-16/h3-9,17H,2H2,1H3/b4-3-,11-9+. The molecule has 0 aliphatic rings. The maximum absolute atomic E-state index is 13.5. The Morgan fingerprint density at radius 3 is 3.12 bits per heavy atom. The Morgan fingerprint density at radius 2 is 2.35 bits per heavy atom. The van der Waals surface area contributed by atoms with Crippen LogP contribution in [0.5, 0.6) is 0 Å². The summed E-state index contributed by atoms with van der Waals surface area (Å²) in [5.74, 6) is -0.313. The van der Waals surface area contributed by atoms with Gasteiger partial charge in [-0.3, -0.25) is 0 Å². The highest BCUT2D eigenvalue weighted by Crippen LogP contribution is 2.18. The number of halogens is 1. The third kappa shape index (κ3) is 2.77. The molecule has 0 amide bonds. The molecule has 2 nitrogen and oxygen atoms in total. The van der Waals surface area contributed by atoms with Crippen LogP contribution in [0.4, 0.5) is 4.39 Å². The van der Waals surface area contributed by atoms with Crippen molar-refractivity contribution in [2.24, 2.45) is 0 Å². The van der Waals surface area contributed by atoms with E-state index in [0.29, 0.717) is 0 Å². The van der Waals surface area contributed by atoms with Crippen molar-refractivity contribution in [3.63, 3.8) is 0 Å². The van der Waals surface area contributed by atoms with Crippen molar-refractivity contribution in [2.75, 3.05) is 0 Å². The molecule has 4 heteroatoms. The van der Waals surface area contributed by atoms with Gasteiger partial charge in [-0.2, -0.15) is 5.10 Å². The van der Waals surface area contributed by atoms with E-state index in [0.717, 1.165) is 22.2 Å². The molecule has 2 aromatic rings. The van der Waals surface area contributed by atoms with E-state index >= 15 is 0 Å². The number of hydrogen-bond acceptors (Lipinski definition) is 2. The Balaban J connectivity index is 2.40. The molecule has 0 saturated heterocycles. The maximum Gasteiger partial charge on any atom is 0.141 e. The summed E-state index contributed by atoms with van der Waals surface area (Å²) in [5, 5.41) is 5.06. The summed E-state index contributed by atoms with van der Waals surface area (Å²) in [6.07, 6.45) is 7.09. The van der Waals surface area contributed by atoms with Crippen molar-refractivity contribution >= 4 is 29.7 Å². The molecule has 0 fully saturated rings. The number of benzene rings is 1. The zero-order valence-corrected chi connectivity index (χ0v) is 10.4. The second kappa shape index (κ2) is 5.19. The highest BCUT2D eigenvalue weighted by atomic mass is 32.1. The molecule has 0 saturated carbocycles. The average Bonchev–Trinajstić information content (AvgIpc) is 2.69. The smallest absolute Gasteiger partial charge is 0.141 e. The minimum absolute atomic E-state index is 0.313. The van der Waals surface area contributed by atoms with Crippen molar-refractivity contribution in [2.45, 2.75) is 18.2 Å². The van der Waals surface area contributed by atoms with Gasteiger partial charge >= 0.3 is 0 Å². The van der Waals surface area contributed by atoms with Gasteiger partial charge in [-0.1, -0.05) is 13.0 Å². The second-order valence-corrected chi connectivity index (χ2v) is 4.17. The molecular formula is C13H13FN2S. The van der Waals surface area contributed by atoms with Crippen LogP contribution in [0.1, 0.15) is 13.3 Å². The van der Waals surface area contributed by atoms with Crippen LogP contribution >= 0.6 is 12.6 Å². The van der Waals surface area contributed by atoms with Crippen LogP contribution in [0.3, 0.4) is 0 Å². The zero-order chi connectivity index (χ0) is 12.3. The lowest BCUT2D eigenvalue weighted by Crippen LogP contribution is -1.88. The number of hydrogen-bond donors (Lipinski definition) is 1. The molecule has 17 heavy (non-hydrogen) atoms. The summed E-state index contributed by atoms with van der Waals surface area (Å²) in [6.45, 7) is 1.96. The molecule has 1 heterocycles. The number of aromatic nitrogens is 2. The molecule has 1 aromatic carbocycles. The molecule has 0 aliphatic heterocycles. The fourth-order valence-corrected chi connectivity index (χ4v) is 1.75. The predicted molar refractivity (Wildman–Crippen MR) is 71.8 cm³/mol. The zero-order valence-electron chi connectivity index (χ0n) is 9.47. The highest BCUT2D eigenvalue weighted by Gasteiger charge is 2.01. The van der Waals surface area contributed by atoms with Crippen LogP contribution in [0.2, 0.25) is 0 Å². The minimum atomic E-state index is -0.313. The van der Waals surface area contributed by atoms with E-state index < -0.39 is 0 Å². The van der Waals surface area contributed by atoms with Crippen LogP contribution in [0.15, 0.2) is 47.3 Å². The Labute approximate surface area is 105 Å². The summed E-state index contributed by atoms with van der Waals surface area (Å²) in [7, 11) is 0. The van der Waals surface area contributed by atoms with E-state index in [-0.39, 0.29) is 5.83 Å². The van der Waals surface area contributed by atoms with E-state index in [1.54, 1.807) is 12.3 Å². The lowest BCUT2D eigenvalue weighted by molar-refractivity contribution is 0.666. The lowest BCUT2D eigenvalue weighted by Gasteiger charge is -1.96. The molecule has 0 spiro atoms. The number of rotatable bonds is 3. The quantitative estimate of drug-likeness (QED) is 0.640. The Hall–Kier alpha value is -1.55. The average molecular weight is 248 g/mol. The van der Waals surface area contributed by atoms with Crippen molar-refractivity contribution < 1.29 is 4.39 Å². The van der Waals surface area contributed by atoms with Crippen LogP contribution in [-0.4, -0.2) is 9.78 Å². The van der Waals surface area contributed by atoms with E-state index in [9.17, 15) is 4.39 Å². The Bertz CT molecular complexity index is 584. The first kappa shape index (κ1) is 11.9. The minimum Gasteiger partial charge on any atom is -0.237 e. The Morgan fingerprint density at radius 1 is 1.53 bits per heavy atom. The van der Waals surface area contributed by atoms with Crippen molar-refractivity contribution in [1.29, 1.82) is 0 Å². The molecule has 0 unspecified atom stereocenters. The van der Waals surface area contributed by atoms with Gasteiger partial charge in [0.15, 0.2) is 0 Å². The summed E-state index contributed by atoms with van der Waals surface area (Å²) >= 11 is 4.25. The number of nitrogens with zero attached hydrogens (tertiary/aromatic N) is 2. The molecule has 0 aliphatic carbocycles. The summed E-state index contributed by atoms with van der Waals surface area (Å²) in [6, 6.07) is 5.63. The maximum atomic E-state index is 13.5. The third-order valence-corrected chi connectivity index (χ3v) is 2.62. The van der Waals surface area contributed by atoms with Gasteiger partial charge in [0.05, 0.1) is 17.9 Å². The summed E-state index contributed by atoms with van der Waals surface area (Å²) in [5.41, 5.74) is 0.864. The second-order valence-electron chi connectivity index (χ2n) is 3.66. The SMILES string of the molecule is CC/C=C\C(F)=C/n1ncc2cc(S)ccc21. The summed E-state index contributed by atoms with van der Waals surface area (Å²) in [4.78, 5) is 0.868. The first-order valence-electron chi connectivity index (χ1n) is 5.41. The monoisotopic (exact) mass is 248 g/mol. The fraction of sp³-hybridized carbons (Fsp3) is 0.154. The van der Waals surface area contributed by atoms with Gasteiger partial charge in [-0.05, 0) is 30.7 Å². The largest absolute Gasteiger partial charge is 0.237 e. The van der Waals surface area contributed by atoms with Crippen LogP contribution in [0, 0.1) is 0 Å². The van der Waals surface area contributed by atoms with Crippen molar-refractivity contribution in [1.82, 2.24) is 9.78 Å². The molecule has 88 valence electrons. The van der Waals surface area contributed by atoms with E-state index in [1.165, 1.54) is 17.0 Å². The van der Waals surface area contributed by atoms with E-state index in [1.807, 2.05) is 25.1 Å². The van der Waals surface area contributed by atoms with Gasteiger partial charge in [0.2, 0.25) is 0 Å². The van der Waals surface area contributed by atoms with E-state index in [4.69, 9.17) is 0 Å². The first-order chi connectivity index (χ1) is 8.20. The van der Waals surface area contributed by atoms with Gasteiger partial charge in [-0.25, -0.2) is 9.07 Å². The van der Waals surface area contributed by atoms with Gasteiger partial charge in [0.1, 0.15) is 5.83 Å². The van der Waals surface area contributed by atoms with Crippen LogP contribution in [0.25, 0.3) is 17.1 Å². The van der Waals surface area contributed by atoms with E-state index in [2.05, 4.69) is 17.7 Å². The third-order valence-electron chi connectivity index (χ3n) is 2.34. The van der Waals surface area contributed by atoms with Gasteiger partial charge in [-0.15, -0.1) is 12.6 Å². The molecule has 1 aromatic heterocycles. The number of thiol groups is 1. The van der Waals surface area contributed by atoms with Crippen LogP contribution in [-0.2, 0) is 0 Å². The highest BCUT2D eigenvalue weighted by molar-refractivity contribution is 7.80. The predicted octanol–water partition coefficient (Wildman–Crippen LogP) is 4.06. The van der Waals surface area contributed by atoms with Gasteiger partial charge < -0.3 is 0 Å². The van der Waals surface area contributed by atoms with Gasteiger partial charge in [0.25, 0.3) is 0 Å². The van der Waals surface area contributed by atoms with Crippen LogP contribution < -0.4 is 0 Å². The van der Waals surface area contributed by atoms with Crippen molar-refractivity contribution in [3.05, 3.63) is 42.4 Å². The molecule has 0 N–H and O–H groups in total.